The molecule has 26 heavy (non-hydrogen) atoms. The van der Waals surface area contributed by atoms with E-state index in [0.717, 1.165) is 0 Å². The van der Waals surface area contributed by atoms with Crippen LogP contribution in [0.15, 0.2) is 42.5 Å². The van der Waals surface area contributed by atoms with E-state index in [9.17, 15) is 9.59 Å². The number of amides is 2. The number of nitrogens with one attached hydrogen (secondary N) is 2. The highest BCUT2D eigenvalue weighted by atomic mass is 35.5. The third-order valence-electron chi connectivity index (χ3n) is 3.88. The van der Waals surface area contributed by atoms with E-state index in [-0.39, 0.29) is 22.3 Å². The van der Waals surface area contributed by atoms with Crippen molar-refractivity contribution in [2.45, 2.75) is 26.2 Å². The third-order valence-corrected chi connectivity index (χ3v) is 4.43. The molecular formula is C20H22Cl2N2O2. The molecule has 0 radical (unpaired) electrons. The molecule has 4 nitrogen and oxygen atoms in total. The van der Waals surface area contributed by atoms with Gasteiger partial charge in [-0.1, -0.05) is 56.1 Å². The largest absolute Gasteiger partial charge is 0.350 e. The summed E-state index contributed by atoms with van der Waals surface area (Å²) in [5.41, 5.74) is 2.15. The Morgan fingerprint density at radius 2 is 1.46 bits per heavy atom. The predicted molar refractivity (Wildman–Crippen MR) is 106 cm³/mol. The number of rotatable bonds is 5. The fraction of sp³-hybridized carbons (Fsp3) is 0.300. The highest BCUT2D eigenvalue weighted by Gasteiger charge is 2.14. The highest BCUT2D eigenvalue weighted by Crippen LogP contribution is 2.22. The van der Waals surface area contributed by atoms with E-state index < -0.39 is 0 Å². The Labute approximate surface area is 163 Å². The average molecular weight is 393 g/mol. The maximum Gasteiger partial charge on any atom is 0.252 e. The Morgan fingerprint density at radius 3 is 2.00 bits per heavy atom. The first-order chi connectivity index (χ1) is 12.2. The van der Waals surface area contributed by atoms with Crippen molar-refractivity contribution in [2.75, 3.05) is 13.1 Å². The van der Waals surface area contributed by atoms with Crippen LogP contribution in [0.4, 0.5) is 0 Å². The van der Waals surface area contributed by atoms with Gasteiger partial charge in [0.2, 0.25) is 0 Å². The van der Waals surface area contributed by atoms with Crippen LogP contribution in [0.2, 0.25) is 10.0 Å². The summed E-state index contributed by atoms with van der Waals surface area (Å²) in [6.45, 7) is 6.98. The Balaban J connectivity index is 1.82. The quantitative estimate of drug-likeness (QED) is 0.738. The van der Waals surface area contributed by atoms with Crippen molar-refractivity contribution in [3.63, 3.8) is 0 Å². The van der Waals surface area contributed by atoms with Crippen LogP contribution < -0.4 is 10.6 Å². The summed E-state index contributed by atoms with van der Waals surface area (Å²) in [6.07, 6.45) is 0. The zero-order valence-electron chi connectivity index (χ0n) is 15.0. The van der Waals surface area contributed by atoms with E-state index in [0.29, 0.717) is 29.2 Å². The van der Waals surface area contributed by atoms with E-state index in [1.807, 2.05) is 24.3 Å². The normalized spacial score (nSPS) is 11.1. The van der Waals surface area contributed by atoms with E-state index in [1.54, 1.807) is 12.1 Å². The minimum Gasteiger partial charge on any atom is -0.350 e. The van der Waals surface area contributed by atoms with Crippen molar-refractivity contribution in [3.8, 4) is 0 Å². The van der Waals surface area contributed by atoms with Gasteiger partial charge in [0.15, 0.2) is 0 Å². The van der Waals surface area contributed by atoms with Gasteiger partial charge in [0.25, 0.3) is 11.8 Å². The molecular weight excluding hydrogens is 371 g/mol. The van der Waals surface area contributed by atoms with Crippen molar-refractivity contribution >= 4 is 35.0 Å². The van der Waals surface area contributed by atoms with Crippen LogP contribution in [-0.2, 0) is 5.41 Å². The monoisotopic (exact) mass is 392 g/mol. The number of hydrogen-bond donors (Lipinski definition) is 2. The number of benzene rings is 2. The molecule has 0 bridgehead atoms. The standard InChI is InChI=1S/C20H22Cl2N2O2/c1-20(2,3)14-6-4-13(5-7-14)18(25)23-10-11-24-19(26)16-9-8-15(21)12-17(16)22/h4-9,12H,10-11H2,1-3H3,(H,23,25)(H,24,26). The molecule has 2 amide bonds. The molecule has 0 aliphatic heterocycles. The lowest BCUT2D eigenvalue weighted by atomic mass is 9.87. The van der Waals surface area contributed by atoms with Gasteiger partial charge in [-0.05, 0) is 41.3 Å². The van der Waals surface area contributed by atoms with Crippen molar-refractivity contribution in [1.82, 2.24) is 10.6 Å². The first-order valence-corrected chi connectivity index (χ1v) is 9.06. The number of carbonyl (C=O) groups is 2. The second kappa shape index (κ2) is 8.56. The van der Waals surface area contributed by atoms with Gasteiger partial charge in [0.05, 0.1) is 10.6 Å². The molecule has 138 valence electrons. The molecule has 0 atom stereocenters. The molecule has 0 spiro atoms. The molecule has 0 aliphatic carbocycles. The Hall–Kier alpha value is -2.04. The molecule has 2 N–H and O–H groups in total. The fourth-order valence-corrected chi connectivity index (χ4v) is 2.84. The first kappa shape index (κ1) is 20.3. The average Bonchev–Trinajstić information content (AvgIpc) is 2.57. The molecule has 6 heteroatoms. The topological polar surface area (TPSA) is 58.2 Å². The minimum atomic E-state index is -0.310. The van der Waals surface area contributed by atoms with Gasteiger partial charge in [-0.25, -0.2) is 0 Å². The zero-order chi connectivity index (χ0) is 19.3. The van der Waals surface area contributed by atoms with Gasteiger partial charge >= 0.3 is 0 Å². The fourth-order valence-electron chi connectivity index (χ4n) is 2.34. The summed E-state index contributed by atoms with van der Waals surface area (Å²) in [7, 11) is 0. The lowest BCUT2D eigenvalue weighted by molar-refractivity contribution is 0.0927. The van der Waals surface area contributed by atoms with Gasteiger partial charge in [-0.3, -0.25) is 9.59 Å². The summed E-state index contributed by atoms with van der Waals surface area (Å²) in [5, 5.41) is 6.25. The summed E-state index contributed by atoms with van der Waals surface area (Å²) in [4.78, 5) is 24.2. The molecule has 0 unspecified atom stereocenters. The first-order valence-electron chi connectivity index (χ1n) is 8.30. The Morgan fingerprint density at radius 1 is 0.885 bits per heavy atom. The van der Waals surface area contributed by atoms with Gasteiger partial charge in [0.1, 0.15) is 0 Å². The lowest BCUT2D eigenvalue weighted by Crippen LogP contribution is -2.34. The van der Waals surface area contributed by atoms with Crippen LogP contribution in [0.3, 0.4) is 0 Å². The van der Waals surface area contributed by atoms with Crippen LogP contribution >= 0.6 is 23.2 Å². The molecule has 0 saturated carbocycles. The predicted octanol–water partition coefficient (Wildman–Crippen LogP) is 4.45. The minimum absolute atomic E-state index is 0.0439. The van der Waals surface area contributed by atoms with Crippen molar-refractivity contribution < 1.29 is 9.59 Å². The Kier molecular flexibility index (Phi) is 6.68. The molecule has 0 aliphatic rings. The molecule has 0 fully saturated rings. The SMILES string of the molecule is CC(C)(C)c1ccc(C(=O)NCCNC(=O)c2ccc(Cl)cc2Cl)cc1. The molecule has 2 aromatic carbocycles. The summed E-state index contributed by atoms with van der Waals surface area (Å²) in [5.74, 6) is -0.486. The third kappa shape index (κ3) is 5.48. The molecule has 2 aromatic rings. The second-order valence-corrected chi connectivity index (χ2v) is 7.81. The van der Waals surface area contributed by atoms with Gasteiger partial charge in [-0.15, -0.1) is 0 Å². The van der Waals surface area contributed by atoms with E-state index in [2.05, 4.69) is 31.4 Å². The van der Waals surface area contributed by atoms with Gasteiger partial charge in [-0.2, -0.15) is 0 Å². The van der Waals surface area contributed by atoms with Crippen LogP contribution in [0.5, 0.6) is 0 Å². The number of carbonyl (C=O) groups excluding carboxylic acids is 2. The lowest BCUT2D eigenvalue weighted by Gasteiger charge is -2.19. The van der Waals surface area contributed by atoms with E-state index >= 15 is 0 Å². The summed E-state index contributed by atoms with van der Waals surface area (Å²) >= 11 is 11.8. The van der Waals surface area contributed by atoms with Crippen molar-refractivity contribution in [1.29, 1.82) is 0 Å². The maximum absolute atomic E-state index is 12.2. The van der Waals surface area contributed by atoms with E-state index in [4.69, 9.17) is 23.2 Å². The van der Waals surface area contributed by atoms with Crippen LogP contribution in [0.1, 0.15) is 47.1 Å². The van der Waals surface area contributed by atoms with Crippen LogP contribution in [-0.4, -0.2) is 24.9 Å². The maximum atomic E-state index is 12.2. The summed E-state index contributed by atoms with van der Waals surface area (Å²) < 4.78 is 0. The van der Waals surface area contributed by atoms with Crippen molar-refractivity contribution in [3.05, 3.63) is 69.2 Å². The van der Waals surface area contributed by atoms with Crippen molar-refractivity contribution in [2.24, 2.45) is 0 Å². The van der Waals surface area contributed by atoms with Gasteiger partial charge in [0, 0.05) is 23.7 Å². The smallest absolute Gasteiger partial charge is 0.252 e. The van der Waals surface area contributed by atoms with Crippen LogP contribution in [0.25, 0.3) is 0 Å². The molecule has 2 rings (SSSR count). The van der Waals surface area contributed by atoms with Crippen LogP contribution in [0, 0.1) is 0 Å². The number of halogens is 2. The van der Waals surface area contributed by atoms with E-state index in [1.165, 1.54) is 11.6 Å². The number of hydrogen-bond acceptors (Lipinski definition) is 2. The van der Waals surface area contributed by atoms with Gasteiger partial charge < -0.3 is 10.6 Å². The zero-order valence-corrected chi connectivity index (χ0v) is 16.5. The summed E-state index contributed by atoms with van der Waals surface area (Å²) in [6, 6.07) is 12.2. The molecule has 0 saturated heterocycles. The molecule has 0 aromatic heterocycles. The second-order valence-electron chi connectivity index (χ2n) is 6.96. The Bertz CT molecular complexity index is 796. The highest BCUT2D eigenvalue weighted by molar-refractivity contribution is 6.36. The molecule has 0 heterocycles.